The van der Waals surface area contributed by atoms with E-state index >= 15 is 0 Å². The molecule has 0 atom stereocenters. The summed E-state index contributed by atoms with van der Waals surface area (Å²) in [5.74, 6) is -1.20. The van der Waals surface area contributed by atoms with E-state index in [2.05, 4.69) is 0 Å². The van der Waals surface area contributed by atoms with Crippen molar-refractivity contribution < 1.29 is 15.0 Å². The van der Waals surface area contributed by atoms with E-state index in [0.29, 0.717) is 12.8 Å². The largest absolute Gasteiger partial charge is 0.481 e. The van der Waals surface area contributed by atoms with E-state index in [1.165, 1.54) is 0 Å². The molecule has 0 aliphatic heterocycles. The maximum absolute atomic E-state index is 10.5. The van der Waals surface area contributed by atoms with Crippen LogP contribution in [0.2, 0.25) is 0 Å². The summed E-state index contributed by atoms with van der Waals surface area (Å²) >= 11 is 0. The number of aliphatic carboxylic acids is 1. The van der Waals surface area contributed by atoms with Gasteiger partial charge >= 0.3 is 5.97 Å². The number of hydrogen-bond donors (Lipinski definition) is 2. The predicted molar refractivity (Wildman–Crippen MR) is 40.2 cm³/mol. The highest BCUT2D eigenvalue weighted by molar-refractivity contribution is 5.70. The summed E-state index contributed by atoms with van der Waals surface area (Å²) < 4.78 is 0. The molecule has 0 bridgehead atoms. The zero-order valence-corrected chi connectivity index (χ0v) is 6.66. The highest BCUT2D eigenvalue weighted by Gasteiger charge is 2.35. The number of hydrogen-bond acceptors (Lipinski definition) is 3. The zero-order valence-electron chi connectivity index (χ0n) is 6.66. The molecule has 12 heavy (non-hydrogen) atoms. The number of nitriles is 1. The monoisotopic (exact) mass is 169 g/mol. The van der Waals surface area contributed by atoms with Gasteiger partial charge in [-0.1, -0.05) is 0 Å². The van der Waals surface area contributed by atoms with E-state index in [1.54, 1.807) is 6.07 Å². The molecule has 0 unspecified atom stereocenters. The average Bonchev–Trinajstić information content (AvgIpc) is 2.05. The molecule has 0 heterocycles. The Morgan fingerprint density at radius 2 is 2.00 bits per heavy atom. The second-order valence-electron chi connectivity index (χ2n) is 3.26. The van der Waals surface area contributed by atoms with Crippen molar-refractivity contribution in [1.29, 1.82) is 5.26 Å². The Kier molecular flexibility index (Phi) is 2.34. The molecule has 4 nitrogen and oxygen atoms in total. The van der Waals surface area contributed by atoms with E-state index in [4.69, 9.17) is 10.4 Å². The van der Waals surface area contributed by atoms with Crippen LogP contribution >= 0.6 is 0 Å². The Morgan fingerprint density at radius 1 is 1.50 bits per heavy atom. The molecule has 0 saturated heterocycles. The minimum absolute atomic E-state index is 0.278. The normalized spacial score (nSPS) is 35.5. The van der Waals surface area contributed by atoms with Gasteiger partial charge in [-0.25, -0.2) is 0 Å². The molecular weight excluding hydrogens is 158 g/mol. The molecule has 1 aliphatic carbocycles. The Labute approximate surface area is 70.4 Å². The lowest BCUT2D eigenvalue weighted by Gasteiger charge is -2.28. The minimum Gasteiger partial charge on any atom is -0.481 e. The fourth-order valence-electron chi connectivity index (χ4n) is 1.45. The molecule has 1 saturated carbocycles. The third-order valence-corrected chi connectivity index (χ3v) is 2.37. The molecule has 0 aromatic heterocycles. The Hall–Kier alpha value is -1.08. The van der Waals surface area contributed by atoms with E-state index < -0.39 is 11.6 Å². The standard InChI is InChI=1S/C8H11NO3/c9-5-8(12)3-1-6(2-4-8)7(10)11/h6,12H,1-4H2,(H,10,11). The fourth-order valence-corrected chi connectivity index (χ4v) is 1.45. The van der Waals surface area contributed by atoms with Gasteiger partial charge in [0.25, 0.3) is 0 Å². The van der Waals surface area contributed by atoms with Crippen molar-refractivity contribution >= 4 is 5.97 Å². The van der Waals surface area contributed by atoms with Crippen molar-refractivity contribution in [3.8, 4) is 6.07 Å². The Balaban J connectivity index is 2.51. The van der Waals surface area contributed by atoms with Crippen molar-refractivity contribution in [2.75, 3.05) is 0 Å². The van der Waals surface area contributed by atoms with Gasteiger partial charge in [0.1, 0.15) is 0 Å². The van der Waals surface area contributed by atoms with E-state index in [-0.39, 0.29) is 18.8 Å². The van der Waals surface area contributed by atoms with Gasteiger partial charge in [0, 0.05) is 0 Å². The van der Waals surface area contributed by atoms with Crippen molar-refractivity contribution in [2.45, 2.75) is 31.3 Å². The number of carboxylic acids is 1. The van der Waals surface area contributed by atoms with Gasteiger partial charge in [-0.3, -0.25) is 4.79 Å². The molecule has 0 radical (unpaired) electrons. The second kappa shape index (κ2) is 3.11. The SMILES string of the molecule is N#CC1(O)CCC(C(=O)O)CC1. The van der Waals surface area contributed by atoms with Gasteiger partial charge in [0.15, 0.2) is 5.60 Å². The summed E-state index contributed by atoms with van der Waals surface area (Å²) in [7, 11) is 0. The molecule has 4 heteroatoms. The van der Waals surface area contributed by atoms with Crippen LogP contribution in [0.4, 0.5) is 0 Å². The van der Waals surface area contributed by atoms with Crippen molar-refractivity contribution in [2.24, 2.45) is 5.92 Å². The van der Waals surface area contributed by atoms with Crippen LogP contribution in [-0.2, 0) is 4.79 Å². The predicted octanol–water partition coefficient (Wildman–Crippen LogP) is 0.516. The van der Waals surface area contributed by atoms with Gasteiger partial charge in [-0.15, -0.1) is 0 Å². The first kappa shape index (κ1) is 9.01. The molecule has 1 aliphatic rings. The van der Waals surface area contributed by atoms with Gasteiger partial charge < -0.3 is 10.2 Å². The van der Waals surface area contributed by atoms with Crippen LogP contribution in [0.1, 0.15) is 25.7 Å². The van der Waals surface area contributed by atoms with Gasteiger partial charge in [0.2, 0.25) is 0 Å². The number of carboxylic acid groups (broad SMARTS) is 1. The molecule has 66 valence electrons. The summed E-state index contributed by atoms with van der Waals surface area (Å²) in [4.78, 5) is 10.5. The van der Waals surface area contributed by atoms with Gasteiger partial charge in [-0.05, 0) is 25.7 Å². The number of nitrogens with zero attached hydrogens (tertiary/aromatic N) is 1. The van der Waals surface area contributed by atoms with E-state index in [1.807, 2.05) is 0 Å². The molecule has 1 fully saturated rings. The third-order valence-electron chi connectivity index (χ3n) is 2.37. The number of aliphatic hydroxyl groups is 1. The van der Waals surface area contributed by atoms with Crippen LogP contribution in [0, 0.1) is 17.2 Å². The molecule has 0 amide bonds. The molecule has 0 aromatic rings. The van der Waals surface area contributed by atoms with Crippen LogP contribution in [0.3, 0.4) is 0 Å². The molecular formula is C8H11NO3. The minimum atomic E-state index is -1.27. The van der Waals surface area contributed by atoms with Gasteiger partial charge in [-0.2, -0.15) is 5.26 Å². The summed E-state index contributed by atoms with van der Waals surface area (Å²) in [6.07, 6.45) is 1.36. The Bertz CT molecular complexity index is 223. The maximum atomic E-state index is 10.5. The first-order valence-electron chi connectivity index (χ1n) is 3.94. The van der Waals surface area contributed by atoms with Crippen molar-refractivity contribution in [1.82, 2.24) is 0 Å². The maximum Gasteiger partial charge on any atom is 0.306 e. The van der Waals surface area contributed by atoms with Crippen LogP contribution in [-0.4, -0.2) is 21.8 Å². The van der Waals surface area contributed by atoms with Crippen LogP contribution in [0.5, 0.6) is 0 Å². The third kappa shape index (κ3) is 1.74. The van der Waals surface area contributed by atoms with E-state index in [0.717, 1.165) is 0 Å². The molecule has 0 aromatic carbocycles. The topological polar surface area (TPSA) is 81.3 Å². The van der Waals surface area contributed by atoms with Crippen molar-refractivity contribution in [3.05, 3.63) is 0 Å². The lowest BCUT2D eigenvalue weighted by molar-refractivity contribution is -0.144. The van der Waals surface area contributed by atoms with Crippen LogP contribution in [0.25, 0.3) is 0 Å². The van der Waals surface area contributed by atoms with Crippen molar-refractivity contribution in [3.63, 3.8) is 0 Å². The number of rotatable bonds is 1. The highest BCUT2D eigenvalue weighted by atomic mass is 16.4. The number of carbonyl (C=O) groups is 1. The molecule has 0 spiro atoms. The summed E-state index contributed by atoms with van der Waals surface area (Å²) in [5.41, 5.74) is -1.27. The Morgan fingerprint density at radius 3 is 2.33 bits per heavy atom. The average molecular weight is 169 g/mol. The van der Waals surface area contributed by atoms with E-state index in [9.17, 15) is 9.90 Å². The van der Waals surface area contributed by atoms with Crippen LogP contribution < -0.4 is 0 Å². The highest BCUT2D eigenvalue weighted by Crippen LogP contribution is 2.31. The molecule has 2 N–H and O–H groups in total. The fraction of sp³-hybridized carbons (Fsp3) is 0.750. The molecule has 1 rings (SSSR count). The lowest BCUT2D eigenvalue weighted by atomic mass is 9.80. The first-order chi connectivity index (χ1) is 5.57. The smallest absolute Gasteiger partial charge is 0.306 e. The zero-order chi connectivity index (χ0) is 9.19. The van der Waals surface area contributed by atoms with Crippen LogP contribution in [0.15, 0.2) is 0 Å². The second-order valence-corrected chi connectivity index (χ2v) is 3.26. The summed E-state index contributed by atoms with van der Waals surface area (Å²) in [5, 5.41) is 26.6. The lowest BCUT2D eigenvalue weighted by Crippen LogP contribution is -2.34. The summed E-state index contributed by atoms with van der Waals surface area (Å²) in [6, 6.07) is 1.80. The van der Waals surface area contributed by atoms with Gasteiger partial charge in [0.05, 0.1) is 12.0 Å². The quantitative estimate of drug-likeness (QED) is 0.560. The first-order valence-corrected chi connectivity index (χ1v) is 3.94. The summed E-state index contributed by atoms with van der Waals surface area (Å²) in [6.45, 7) is 0.